The fraction of sp³-hybridized carbons (Fsp3) is 0.600. The molecule has 0 bridgehead atoms. The molecule has 0 N–H and O–H groups in total. The maximum absolute atomic E-state index is 11.1. The zero-order valence-corrected chi connectivity index (χ0v) is 10.4. The quantitative estimate of drug-likeness (QED) is 0.593. The highest BCUT2D eigenvalue weighted by Crippen LogP contribution is 2.28. The van der Waals surface area contributed by atoms with Gasteiger partial charge in [-0.1, -0.05) is 0 Å². The highest BCUT2D eigenvalue weighted by atomic mass is 35.5. The molecule has 1 rings (SSSR count). The third-order valence-corrected chi connectivity index (χ3v) is 3.44. The Morgan fingerprint density at radius 2 is 2.47 bits per heavy atom. The van der Waals surface area contributed by atoms with E-state index >= 15 is 0 Å². The van der Waals surface area contributed by atoms with Gasteiger partial charge in [-0.2, -0.15) is 0 Å². The van der Waals surface area contributed by atoms with Crippen molar-refractivity contribution < 1.29 is 9.53 Å². The van der Waals surface area contributed by atoms with Gasteiger partial charge in [-0.15, -0.1) is 22.9 Å². The van der Waals surface area contributed by atoms with Crippen LogP contribution in [0.3, 0.4) is 0 Å². The second-order valence-corrected chi connectivity index (χ2v) is 4.55. The molecule has 0 aliphatic rings. The molecule has 1 aromatic heterocycles. The maximum Gasteiger partial charge on any atom is 0.305 e. The van der Waals surface area contributed by atoms with E-state index in [4.69, 9.17) is 16.3 Å². The average Bonchev–Trinajstić information content (AvgIpc) is 2.62. The molecule has 1 atom stereocenters. The first-order valence-corrected chi connectivity index (χ1v) is 6.16. The number of ether oxygens (including phenoxy) is 1. The van der Waals surface area contributed by atoms with Crippen molar-refractivity contribution in [3.63, 3.8) is 0 Å². The van der Waals surface area contributed by atoms with Gasteiger partial charge >= 0.3 is 5.97 Å². The highest BCUT2D eigenvalue weighted by Gasteiger charge is 2.14. The second-order valence-electron chi connectivity index (χ2n) is 3.14. The van der Waals surface area contributed by atoms with Crippen LogP contribution >= 0.6 is 22.9 Å². The van der Waals surface area contributed by atoms with Gasteiger partial charge < -0.3 is 4.74 Å². The smallest absolute Gasteiger partial charge is 0.305 e. The normalized spacial score (nSPS) is 12.5. The Morgan fingerprint density at radius 1 is 1.73 bits per heavy atom. The zero-order chi connectivity index (χ0) is 11.3. The van der Waals surface area contributed by atoms with Crippen molar-refractivity contribution in [1.82, 2.24) is 4.98 Å². The molecular weight excluding hydrogens is 234 g/mol. The van der Waals surface area contributed by atoms with Gasteiger partial charge in [-0.25, -0.2) is 4.98 Å². The summed E-state index contributed by atoms with van der Waals surface area (Å²) in [5.74, 6) is -0.198. The summed E-state index contributed by atoms with van der Waals surface area (Å²) < 4.78 is 4.82. The van der Waals surface area contributed by atoms with Crippen molar-refractivity contribution >= 4 is 28.9 Å². The van der Waals surface area contributed by atoms with Crippen molar-refractivity contribution in [3.05, 3.63) is 16.1 Å². The maximum atomic E-state index is 11.1. The number of carbonyl (C=O) groups is 1. The van der Waals surface area contributed by atoms with Gasteiger partial charge in [0.05, 0.1) is 12.0 Å². The summed E-state index contributed by atoms with van der Waals surface area (Å²) in [7, 11) is 0. The predicted molar refractivity (Wildman–Crippen MR) is 61.3 cm³/mol. The summed E-state index contributed by atoms with van der Waals surface area (Å²) in [6, 6.07) is 0. The lowest BCUT2D eigenvalue weighted by atomic mass is 10.2. The lowest BCUT2D eigenvalue weighted by Crippen LogP contribution is -2.05. The molecular formula is C10H14ClNO2S. The van der Waals surface area contributed by atoms with Crippen LogP contribution in [0.15, 0.2) is 5.38 Å². The predicted octanol–water partition coefficient (Wildman–Crippen LogP) is 3.07. The number of aromatic nitrogens is 1. The van der Waals surface area contributed by atoms with Crippen LogP contribution in [-0.2, 0) is 9.53 Å². The standard InChI is InChI=1S/C10H14ClNO2S/c1-3-14-9(13)5-4-8(11)10-12-7(2)6-15-10/h6,8H,3-5H2,1-2H3. The number of thiazole rings is 1. The van der Waals surface area contributed by atoms with Crippen molar-refractivity contribution in [1.29, 1.82) is 0 Å². The molecule has 84 valence electrons. The zero-order valence-electron chi connectivity index (χ0n) is 8.83. The second kappa shape index (κ2) is 6.08. The Labute approximate surface area is 98.4 Å². The molecule has 0 saturated heterocycles. The van der Waals surface area contributed by atoms with Gasteiger partial charge in [0.15, 0.2) is 0 Å². The molecule has 15 heavy (non-hydrogen) atoms. The number of nitrogens with zero attached hydrogens (tertiary/aromatic N) is 1. The van der Waals surface area contributed by atoms with Gasteiger partial charge in [0.25, 0.3) is 0 Å². The minimum Gasteiger partial charge on any atom is -0.466 e. The van der Waals surface area contributed by atoms with Crippen LogP contribution in [0.4, 0.5) is 0 Å². The lowest BCUT2D eigenvalue weighted by molar-refractivity contribution is -0.143. The first kappa shape index (κ1) is 12.5. The fourth-order valence-electron chi connectivity index (χ4n) is 1.12. The van der Waals surface area contributed by atoms with Crippen molar-refractivity contribution in [2.45, 2.75) is 32.1 Å². The molecule has 1 unspecified atom stereocenters. The van der Waals surface area contributed by atoms with E-state index in [-0.39, 0.29) is 11.3 Å². The fourth-order valence-corrected chi connectivity index (χ4v) is 2.24. The van der Waals surface area contributed by atoms with E-state index in [9.17, 15) is 4.79 Å². The first-order chi connectivity index (χ1) is 7.13. The summed E-state index contributed by atoms with van der Waals surface area (Å²) in [6.45, 7) is 4.14. The third kappa shape index (κ3) is 4.18. The van der Waals surface area contributed by atoms with Crippen LogP contribution in [0.5, 0.6) is 0 Å². The lowest BCUT2D eigenvalue weighted by Gasteiger charge is -2.05. The number of aryl methyl sites for hydroxylation is 1. The van der Waals surface area contributed by atoms with Gasteiger partial charge in [-0.3, -0.25) is 4.79 Å². The summed E-state index contributed by atoms with van der Waals surface area (Å²) in [5, 5.41) is 2.64. The Bertz CT molecular complexity index is 327. The largest absolute Gasteiger partial charge is 0.466 e. The molecule has 0 aromatic carbocycles. The molecule has 0 fully saturated rings. The summed E-state index contributed by atoms with van der Waals surface area (Å²) in [5.41, 5.74) is 0.969. The molecule has 0 spiro atoms. The minimum atomic E-state index is -0.198. The van der Waals surface area contributed by atoms with Crippen LogP contribution in [0.1, 0.15) is 35.8 Å². The van der Waals surface area contributed by atoms with E-state index in [1.807, 2.05) is 12.3 Å². The molecule has 3 nitrogen and oxygen atoms in total. The topological polar surface area (TPSA) is 39.2 Å². The number of carbonyl (C=O) groups excluding carboxylic acids is 1. The Kier molecular flexibility index (Phi) is 5.05. The number of hydrogen-bond acceptors (Lipinski definition) is 4. The van der Waals surface area contributed by atoms with Gasteiger partial charge in [0.1, 0.15) is 5.01 Å². The van der Waals surface area contributed by atoms with Crippen molar-refractivity contribution in [2.75, 3.05) is 6.61 Å². The van der Waals surface area contributed by atoms with Crippen molar-refractivity contribution in [2.24, 2.45) is 0 Å². The Balaban J connectivity index is 2.36. The van der Waals surface area contributed by atoms with E-state index < -0.39 is 0 Å². The Morgan fingerprint density at radius 3 is 3.00 bits per heavy atom. The van der Waals surface area contributed by atoms with Crippen LogP contribution in [-0.4, -0.2) is 17.6 Å². The van der Waals surface area contributed by atoms with E-state index in [2.05, 4.69) is 4.98 Å². The molecule has 0 aliphatic heterocycles. The highest BCUT2D eigenvalue weighted by molar-refractivity contribution is 7.10. The summed E-state index contributed by atoms with van der Waals surface area (Å²) >= 11 is 7.63. The molecule has 0 saturated carbocycles. The monoisotopic (exact) mass is 247 g/mol. The Hall–Kier alpha value is -0.610. The van der Waals surface area contributed by atoms with E-state index in [1.54, 1.807) is 6.92 Å². The molecule has 1 heterocycles. The van der Waals surface area contributed by atoms with Gasteiger partial charge in [-0.05, 0) is 20.3 Å². The number of alkyl halides is 1. The van der Waals surface area contributed by atoms with Gasteiger partial charge in [0, 0.05) is 17.5 Å². The van der Waals surface area contributed by atoms with E-state index in [0.717, 1.165) is 10.7 Å². The SMILES string of the molecule is CCOC(=O)CCC(Cl)c1nc(C)cs1. The number of esters is 1. The van der Waals surface area contributed by atoms with Crippen LogP contribution in [0.2, 0.25) is 0 Å². The van der Waals surface area contributed by atoms with Gasteiger partial charge in [0.2, 0.25) is 0 Å². The van der Waals surface area contributed by atoms with Crippen LogP contribution in [0, 0.1) is 6.92 Å². The molecule has 0 amide bonds. The van der Waals surface area contributed by atoms with Crippen LogP contribution in [0.25, 0.3) is 0 Å². The van der Waals surface area contributed by atoms with Crippen LogP contribution < -0.4 is 0 Å². The number of halogens is 1. The van der Waals surface area contributed by atoms with Crippen molar-refractivity contribution in [3.8, 4) is 0 Å². The summed E-state index contributed by atoms with van der Waals surface area (Å²) in [4.78, 5) is 15.4. The third-order valence-electron chi connectivity index (χ3n) is 1.81. The molecule has 0 aliphatic carbocycles. The minimum absolute atomic E-state index is 0.187. The van der Waals surface area contributed by atoms with E-state index in [1.165, 1.54) is 11.3 Å². The summed E-state index contributed by atoms with van der Waals surface area (Å²) in [6.07, 6.45) is 0.925. The first-order valence-electron chi connectivity index (χ1n) is 4.85. The number of hydrogen-bond donors (Lipinski definition) is 0. The molecule has 5 heteroatoms. The molecule has 1 aromatic rings. The molecule has 0 radical (unpaired) electrons. The number of rotatable bonds is 5. The van der Waals surface area contributed by atoms with E-state index in [0.29, 0.717) is 19.4 Å². The average molecular weight is 248 g/mol.